The van der Waals surface area contributed by atoms with Crippen molar-refractivity contribution in [3.05, 3.63) is 62.3 Å². The fourth-order valence-corrected chi connectivity index (χ4v) is 2.86. The van der Waals surface area contributed by atoms with Gasteiger partial charge in [-0.1, -0.05) is 23.2 Å². The van der Waals surface area contributed by atoms with Crippen LogP contribution in [0.1, 0.15) is 5.56 Å². The highest BCUT2D eigenvalue weighted by atomic mass is 79.9. The van der Waals surface area contributed by atoms with Gasteiger partial charge in [0.05, 0.1) is 27.3 Å². The van der Waals surface area contributed by atoms with Crippen molar-refractivity contribution in [2.75, 3.05) is 0 Å². The third-order valence-corrected chi connectivity index (χ3v) is 4.20. The van der Waals surface area contributed by atoms with Crippen LogP contribution in [0, 0.1) is 11.6 Å². The molecular weight excluding hydrogens is 413 g/mol. The number of amidine groups is 1. The molecule has 0 bridgehead atoms. The van der Waals surface area contributed by atoms with Crippen molar-refractivity contribution >= 4 is 56.2 Å². The van der Waals surface area contributed by atoms with Crippen LogP contribution < -0.4 is 5.73 Å². The van der Waals surface area contributed by atoms with Crippen LogP contribution in [0.3, 0.4) is 0 Å². The molecule has 0 radical (unpaired) electrons. The second kappa shape index (κ2) is 6.07. The molecule has 2 N–H and O–H groups in total. The van der Waals surface area contributed by atoms with Crippen molar-refractivity contribution in [1.29, 1.82) is 0 Å². The van der Waals surface area contributed by atoms with E-state index in [4.69, 9.17) is 28.9 Å². The van der Waals surface area contributed by atoms with Crippen molar-refractivity contribution in [2.45, 2.75) is 0 Å². The summed E-state index contributed by atoms with van der Waals surface area (Å²) in [6.07, 6.45) is 3.09. The molecule has 0 unspecified atom stereocenters. The molecule has 0 aliphatic carbocycles. The molecule has 23 heavy (non-hydrogen) atoms. The molecule has 0 atom stereocenters. The molecule has 2 heterocycles. The summed E-state index contributed by atoms with van der Waals surface area (Å²) in [5.41, 5.74) is 6.34. The van der Waals surface area contributed by atoms with Crippen LogP contribution in [0.4, 0.5) is 14.5 Å². The van der Waals surface area contributed by atoms with Crippen molar-refractivity contribution in [3.8, 4) is 0 Å². The van der Waals surface area contributed by atoms with Gasteiger partial charge in [-0.25, -0.2) is 18.3 Å². The van der Waals surface area contributed by atoms with E-state index in [1.165, 1.54) is 12.3 Å². The number of hydrogen-bond donors (Lipinski definition) is 1. The second-order valence-electron chi connectivity index (χ2n) is 4.55. The van der Waals surface area contributed by atoms with E-state index >= 15 is 0 Å². The van der Waals surface area contributed by atoms with Crippen molar-refractivity contribution in [3.63, 3.8) is 0 Å². The van der Waals surface area contributed by atoms with Crippen LogP contribution in [0.5, 0.6) is 0 Å². The fraction of sp³-hybridized carbons (Fsp3) is 0. The summed E-state index contributed by atoms with van der Waals surface area (Å²) >= 11 is 15.4. The Bertz CT molecular complexity index is 956. The monoisotopic (exact) mass is 418 g/mol. The molecule has 1 aromatic carbocycles. The molecule has 0 aliphatic heterocycles. The maximum atomic E-state index is 13.8. The SMILES string of the molecule is NC(=Nc1c(Cl)ccc(F)c1F)c1cnn2cc(Br)cc2c1Cl. The lowest BCUT2D eigenvalue weighted by atomic mass is 10.2. The molecule has 0 saturated carbocycles. The highest BCUT2D eigenvalue weighted by molar-refractivity contribution is 9.10. The lowest BCUT2D eigenvalue weighted by molar-refractivity contribution is 0.510. The first-order valence-corrected chi connectivity index (χ1v) is 7.74. The van der Waals surface area contributed by atoms with E-state index in [2.05, 4.69) is 26.0 Å². The number of aliphatic imine (C=N–C) groups is 1. The number of halogens is 5. The van der Waals surface area contributed by atoms with E-state index in [0.717, 1.165) is 10.5 Å². The third kappa shape index (κ3) is 2.91. The highest BCUT2D eigenvalue weighted by Gasteiger charge is 2.15. The normalized spacial score (nSPS) is 12.1. The van der Waals surface area contributed by atoms with Crippen LogP contribution in [0.25, 0.3) is 5.52 Å². The van der Waals surface area contributed by atoms with E-state index in [0.29, 0.717) is 5.52 Å². The molecule has 3 aromatic rings. The Balaban J connectivity index is 2.15. The molecule has 118 valence electrons. The van der Waals surface area contributed by atoms with Crippen LogP contribution >= 0.6 is 39.1 Å². The molecule has 0 amide bonds. The second-order valence-corrected chi connectivity index (χ2v) is 6.25. The van der Waals surface area contributed by atoms with Crippen LogP contribution in [0.2, 0.25) is 10.0 Å². The van der Waals surface area contributed by atoms with Gasteiger partial charge in [0, 0.05) is 10.7 Å². The minimum atomic E-state index is -1.18. The summed E-state index contributed by atoms with van der Waals surface area (Å²) < 4.78 is 29.4. The van der Waals surface area contributed by atoms with E-state index < -0.39 is 17.3 Å². The average Bonchev–Trinajstić information content (AvgIpc) is 2.89. The van der Waals surface area contributed by atoms with Gasteiger partial charge in [0.15, 0.2) is 11.6 Å². The first kappa shape index (κ1) is 16.2. The van der Waals surface area contributed by atoms with Gasteiger partial charge in [0.2, 0.25) is 0 Å². The van der Waals surface area contributed by atoms with Crippen molar-refractivity contribution in [2.24, 2.45) is 10.7 Å². The summed E-state index contributed by atoms with van der Waals surface area (Å²) in [6.45, 7) is 0. The Labute approximate surface area is 147 Å². The zero-order valence-electron chi connectivity index (χ0n) is 11.2. The number of nitrogens with two attached hydrogens (primary N) is 1. The van der Waals surface area contributed by atoms with Gasteiger partial charge in [0.25, 0.3) is 0 Å². The molecule has 0 spiro atoms. The van der Waals surface area contributed by atoms with Crippen molar-refractivity contribution < 1.29 is 8.78 Å². The molecule has 0 saturated heterocycles. The van der Waals surface area contributed by atoms with Gasteiger partial charge < -0.3 is 5.73 Å². The standard InChI is InChI=1S/C14H7BrCl2F2N4/c15-6-3-10-11(17)7(4-21-23(10)5-6)14(20)22-13-8(16)1-2-9(18)12(13)19/h1-5H,(H2,20,22). The minimum absolute atomic E-state index is 0.0672. The van der Waals surface area contributed by atoms with E-state index in [9.17, 15) is 8.78 Å². The summed E-state index contributed by atoms with van der Waals surface area (Å²) in [5.74, 6) is -2.39. The molecule has 4 nitrogen and oxygen atoms in total. The molecule has 2 aromatic heterocycles. The number of rotatable bonds is 2. The molecule has 0 fully saturated rings. The van der Waals surface area contributed by atoms with Crippen LogP contribution in [0.15, 0.2) is 40.1 Å². The van der Waals surface area contributed by atoms with Crippen LogP contribution in [-0.4, -0.2) is 15.4 Å². The quantitative estimate of drug-likeness (QED) is 0.371. The summed E-state index contributed by atoms with van der Waals surface area (Å²) in [4.78, 5) is 3.87. The fourth-order valence-electron chi connectivity index (χ4n) is 1.97. The first-order valence-electron chi connectivity index (χ1n) is 6.19. The molecule has 0 aliphatic rings. The summed E-state index contributed by atoms with van der Waals surface area (Å²) in [7, 11) is 0. The van der Waals surface area contributed by atoms with Crippen molar-refractivity contribution in [1.82, 2.24) is 9.61 Å². The van der Waals surface area contributed by atoms with E-state index in [1.54, 1.807) is 16.8 Å². The predicted octanol–water partition coefficient (Wildman–Crippen LogP) is 4.72. The number of aromatic nitrogens is 2. The number of benzene rings is 1. The Morgan fingerprint density at radius 2 is 2.04 bits per heavy atom. The lowest BCUT2D eigenvalue weighted by Crippen LogP contribution is -2.15. The van der Waals surface area contributed by atoms with Gasteiger partial charge in [-0.3, -0.25) is 0 Å². The minimum Gasteiger partial charge on any atom is -0.383 e. The largest absolute Gasteiger partial charge is 0.383 e. The average molecular weight is 420 g/mol. The summed E-state index contributed by atoms with van der Waals surface area (Å²) in [5, 5.41) is 4.34. The Hall–Kier alpha value is -1.70. The van der Waals surface area contributed by atoms with Gasteiger partial charge in [-0.15, -0.1) is 0 Å². The molecule has 3 rings (SSSR count). The maximum Gasteiger partial charge on any atom is 0.185 e. The van der Waals surface area contributed by atoms with E-state index in [1.807, 2.05) is 0 Å². The molecular formula is C14H7BrCl2F2N4. The van der Waals surface area contributed by atoms with Gasteiger partial charge in [-0.2, -0.15) is 5.10 Å². The summed E-state index contributed by atoms with van der Waals surface area (Å²) in [6, 6.07) is 3.84. The van der Waals surface area contributed by atoms with Gasteiger partial charge >= 0.3 is 0 Å². The highest BCUT2D eigenvalue weighted by Crippen LogP contribution is 2.31. The maximum absolute atomic E-state index is 13.8. The zero-order valence-corrected chi connectivity index (χ0v) is 14.3. The smallest absolute Gasteiger partial charge is 0.185 e. The Morgan fingerprint density at radius 1 is 1.30 bits per heavy atom. The number of fused-ring (bicyclic) bond motifs is 1. The van der Waals surface area contributed by atoms with Crippen LogP contribution in [-0.2, 0) is 0 Å². The first-order chi connectivity index (χ1) is 10.9. The topological polar surface area (TPSA) is 55.7 Å². The third-order valence-electron chi connectivity index (χ3n) is 3.07. The van der Waals surface area contributed by atoms with E-state index in [-0.39, 0.29) is 21.4 Å². The molecule has 9 heteroatoms. The van der Waals surface area contributed by atoms with Gasteiger partial charge in [0.1, 0.15) is 11.5 Å². The Morgan fingerprint density at radius 3 is 2.78 bits per heavy atom. The number of nitrogens with zero attached hydrogens (tertiary/aromatic N) is 3. The Kier molecular flexibility index (Phi) is 4.27. The lowest BCUT2D eigenvalue weighted by Gasteiger charge is -2.07. The predicted molar refractivity (Wildman–Crippen MR) is 89.7 cm³/mol. The number of hydrogen-bond acceptors (Lipinski definition) is 2. The zero-order chi connectivity index (χ0) is 16.7. The van der Waals surface area contributed by atoms with Gasteiger partial charge in [-0.05, 0) is 34.1 Å².